The predicted octanol–water partition coefficient (Wildman–Crippen LogP) is 3.17. The summed E-state index contributed by atoms with van der Waals surface area (Å²) in [5.41, 5.74) is 1.99. The first kappa shape index (κ1) is 17.0. The molecule has 0 amide bonds. The molecule has 0 aliphatic carbocycles. The molecule has 2 heterocycles. The van der Waals surface area contributed by atoms with Crippen LogP contribution in [0.25, 0.3) is 11.5 Å². The van der Waals surface area contributed by atoms with E-state index in [1.165, 1.54) is 19.3 Å². The predicted molar refractivity (Wildman–Crippen MR) is 95.0 cm³/mol. The van der Waals surface area contributed by atoms with Crippen molar-refractivity contribution in [2.24, 2.45) is 5.92 Å². The van der Waals surface area contributed by atoms with Crippen LogP contribution in [0.1, 0.15) is 25.0 Å². The minimum absolute atomic E-state index is 0.677. The Bertz CT molecular complexity index is 616. The second kappa shape index (κ2) is 8.31. The zero-order valence-corrected chi connectivity index (χ0v) is 14.6. The van der Waals surface area contributed by atoms with Crippen LogP contribution in [0.3, 0.4) is 0 Å². The first-order valence-corrected chi connectivity index (χ1v) is 8.74. The van der Waals surface area contributed by atoms with Crippen LogP contribution in [0, 0.1) is 5.92 Å². The van der Waals surface area contributed by atoms with Crippen LogP contribution in [0.5, 0.6) is 5.75 Å². The van der Waals surface area contributed by atoms with Gasteiger partial charge in [0.05, 0.1) is 12.8 Å². The van der Waals surface area contributed by atoms with Crippen molar-refractivity contribution in [3.05, 3.63) is 36.2 Å². The molecular weight excluding hydrogens is 302 g/mol. The number of hydrogen-bond acceptors (Lipinski definition) is 5. The number of likely N-dealkylation sites (tertiary alicyclic amines) is 1. The fourth-order valence-electron chi connectivity index (χ4n) is 3.26. The zero-order chi connectivity index (χ0) is 16.8. The lowest BCUT2D eigenvalue weighted by atomic mass is 9.93. The highest BCUT2D eigenvalue weighted by Gasteiger charge is 2.20. The minimum atomic E-state index is 0.677. The Balaban J connectivity index is 1.53. The summed E-state index contributed by atoms with van der Waals surface area (Å²) in [7, 11) is 3.69. The van der Waals surface area contributed by atoms with E-state index in [1.807, 2.05) is 31.3 Å². The van der Waals surface area contributed by atoms with Crippen LogP contribution in [-0.2, 0) is 6.54 Å². The molecule has 0 atom stereocenters. The number of nitrogens with zero attached hydrogens (tertiary/aromatic N) is 2. The van der Waals surface area contributed by atoms with E-state index in [-0.39, 0.29) is 0 Å². The van der Waals surface area contributed by atoms with Gasteiger partial charge in [-0.1, -0.05) is 0 Å². The number of ether oxygens (including phenoxy) is 1. The van der Waals surface area contributed by atoms with Gasteiger partial charge in [0.25, 0.3) is 0 Å². The minimum Gasteiger partial charge on any atom is -0.497 e. The molecule has 0 bridgehead atoms. The van der Waals surface area contributed by atoms with Gasteiger partial charge < -0.3 is 14.5 Å². The first-order valence-electron chi connectivity index (χ1n) is 8.74. The molecular formula is C19H27N3O2. The average molecular weight is 329 g/mol. The summed E-state index contributed by atoms with van der Waals surface area (Å²) in [4.78, 5) is 7.12. The summed E-state index contributed by atoms with van der Waals surface area (Å²) in [6.07, 6.45) is 5.64. The molecule has 2 aromatic rings. The van der Waals surface area contributed by atoms with Gasteiger partial charge in [-0.25, -0.2) is 4.98 Å². The third-order valence-electron chi connectivity index (χ3n) is 4.78. The largest absolute Gasteiger partial charge is 0.497 e. The maximum atomic E-state index is 5.65. The molecule has 1 aliphatic rings. The second-order valence-corrected chi connectivity index (χ2v) is 6.48. The molecule has 1 N–H and O–H groups in total. The Morgan fingerprint density at radius 1 is 1.25 bits per heavy atom. The highest BCUT2D eigenvalue weighted by atomic mass is 16.5. The van der Waals surface area contributed by atoms with Gasteiger partial charge in [-0.15, -0.1) is 0 Å². The standard InChI is InChI=1S/C19H27N3O2/c1-20-10-7-15-8-11-22(12-9-15)13-17-14-24-19(21-17)16-3-5-18(23-2)6-4-16/h3-6,14-15,20H,7-13H2,1-2H3. The Morgan fingerprint density at radius 3 is 2.67 bits per heavy atom. The van der Waals surface area contributed by atoms with Gasteiger partial charge in [0.2, 0.25) is 5.89 Å². The molecule has 5 heteroatoms. The van der Waals surface area contributed by atoms with Crippen LogP contribution < -0.4 is 10.1 Å². The summed E-state index contributed by atoms with van der Waals surface area (Å²) in [6, 6.07) is 7.80. The molecule has 5 nitrogen and oxygen atoms in total. The van der Waals surface area contributed by atoms with Gasteiger partial charge in [-0.3, -0.25) is 4.90 Å². The van der Waals surface area contributed by atoms with Crippen molar-refractivity contribution in [1.29, 1.82) is 0 Å². The zero-order valence-electron chi connectivity index (χ0n) is 14.6. The lowest BCUT2D eigenvalue weighted by Gasteiger charge is -2.31. The summed E-state index contributed by atoms with van der Waals surface area (Å²) in [5.74, 6) is 2.38. The highest BCUT2D eigenvalue weighted by Crippen LogP contribution is 2.24. The number of nitrogens with one attached hydrogen (secondary N) is 1. The Kier molecular flexibility index (Phi) is 5.88. The van der Waals surface area contributed by atoms with Gasteiger partial charge in [-0.2, -0.15) is 0 Å². The van der Waals surface area contributed by atoms with Gasteiger partial charge in [0, 0.05) is 12.1 Å². The normalized spacial score (nSPS) is 16.4. The van der Waals surface area contributed by atoms with Gasteiger partial charge >= 0.3 is 0 Å². The third kappa shape index (κ3) is 4.36. The summed E-state index contributed by atoms with van der Waals surface area (Å²) < 4.78 is 10.8. The van der Waals surface area contributed by atoms with E-state index in [4.69, 9.17) is 9.15 Å². The molecule has 1 aliphatic heterocycles. The summed E-state index contributed by atoms with van der Waals surface area (Å²) in [6.45, 7) is 4.30. The monoisotopic (exact) mass is 329 g/mol. The molecule has 1 aromatic heterocycles. The number of hydrogen-bond donors (Lipinski definition) is 1. The second-order valence-electron chi connectivity index (χ2n) is 6.48. The number of oxazole rings is 1. The summed E-state index contributed by atoms with van der Waals surface area (Å²) >= 11 is 0. The van der Waals surface area contributed by atoms with E-state index in [9.17, 15) is 0 Å². The van der Waals surface area contributed by atoms with E-state index >= 15 is 0 Å². The van der Waals surface area contributed by atoms with Gasteiger partial charge in [0.15, 0.2) is 0 Å². The van der Waals surface area contributed by atoms with Crippen molar-refractivity contribution >= 4 is 0 Å². The first-order chi connectivity index (χ1) is 11.8. The maximum absolute atomic E-state index is 5.65. The number of piperidine rings is 1. The molecule has 1 aromatic carbocycles. The van der Waals surface area contributed by atoms with E-state index in [2.05, 4.69) is 15.2 Å². The summed E-state index contributed by atoms with van der Waals surface area (Å²) in [5, 5.41) is 3.25. The Morgan fingerprint density at radius 2 is 2.00 bits per heavy atom. The topological polar surface area (TPSA) is 50.5 Å². The fraction of sp³-hybridized carbons (Fsp3) is 0.526. The molecule has 1 saturated heterocycles. The van der Waals surface area contributed by atoms with Crippen LogP contribution >= 0.6 is 0 Å². The van der Waals surface area contributed by atoms with E-state index in [0.717, 1.165) is 49.1 Å². The average Bonchev–Trinajstić information content (AvgIpc) is 3.10. The van der Waals surface area contributed by atoms with Crippen LogP contribution in [0.15, 0.2) is 34.9 Å². The SMILES string of the molecule is CNCCC1CCN(Cc2coc(-c3ccc(OC)cc3)n2)CC1. The quantitative estimate of drug-likeness (QED) is 0.845. The molecule has 0 spiro atoms. The lowest BCUT2D eigenvalue weighted by molar-refractivity contribution is 0.170. The fourth-order valence-corrected chi connectivity index (χ4v) is 3.26. The van der Waals surface area contributed by atoms with E-state index < -0.39 is 0 Å². The van der Waals surface area contributed by atoms with E-state index in [0.29, 0.717) is 5.89 Å². The van der Waals surface area contributed by atoms with Crippen LogP contribution in [0.4, 0.5) is 0 Å². The number of aromatic nitrogens is 1. The van der Waals surface area contributed by atoms with Gasteiger partial charge in [-0.05, 0) is 76.1 Å². The molecule has 24 heavy (non-hydrogen) atoms. The van der Waals surface area contributed by atoms with Gasteiger partial charge in [0.1, 0.15) is 12.0 Å². The third-order valence-corrected chi connectivity index (χ3v) is 4.78. The molecule has 0 radical (unpaired) electrons. The lowest BCUT2D eigenvalue weighted by Crippen LogP contribution is -2.34. The molecule has 1 fully saturated rings. The molecule has 0 unspecified atom stereocenters. The number of rotatable bonds is 7. The van der Waals surface area contributed by atoms with Crippen molar-refractivity contribution in [2.75, 3.05) is 33.8 Å². The number of benzene rings is 1. The van der Waals surface area contributed by atoms with Crippen molar-refractivity contribution in [2.45, 2.75) is 25.8 Å². The Labute approximate surface area is 144 Å². The highest BCUT2D eigenvalue weighted by molar-refractivity contribution is 5.54. The van der Waals surface area contributed by atoms with E-state index in [1.54, 1.807) is 13.4 Å². The van der Waals surface area contributed by atoms with Crippen molar-refractivity contribution < 1.29 is 9.15 Å². The van der Waals surface area contributed by atoms with Crippen molar-refractivity contribution in [3.8, 4) is 17.2 Å². The molecule has 130 valence electrons. The molecule has 0 saturated carbocycles. The van der Waals surface area contributed by atoms with Crippen molar-refractivity contribution in [1.82, 2.24) is 15.2 Å². The maximum Gasteiger partial charge on any atom is 0.226 e. The smallest absolute Gasteiger partial charge is 0.226 e. The number of methoxy groups -OCH3 is 1. The van der Waals surface area contributed by atoms with Crippen LogP contribution in [0.2, 0.25) is 0 Å². The van der Waals surface area contributed by atoms with Crippen molar-refractivity contribution in [3.63, 3.8) is 0 Å². The van der Waals surface area contributed by atoms with Crippen LogP contribution in [-0.4, -0.2) is 43.7 Å². The Hall–Kier alpha value is -1.85. The molecule has 3 rings (SSSR count).